The standard InChI is InChI=1S/C20H20N4O3S/c1-3-4-9-27-14-7-5-13(6-8-14)18-15(10-21)19(23)24-20(16(18)11-22)28-12-17(25)26-2/h5-8H,3-4,9,12H2,1-2H3,(H2,23,24)/p+1. The Labute approximate surface area is 168 Å². The maximum absolute atomic E-state index is 11.5. The summed E-state index contributed by atoms with van der Waals surface area (Å²) in [5.74, 6) is 0.425. The maximum atomic E-state index is 11.5. The predicted molar refractivity (Wildman–Crippen MR) is 105 cm³/mol. The lowest BCUT2D eigenvalue weighted by molar-refractivity contribution is -0.410. The van der Waals surface area contributed by atoms with Crippen molar-refractivity contribution >= 4 is 23.5 Å². The summed E-state index contributed by atoms with van der Waals surface area (Å²) in [6, 6.07) is 11.3. The average molecular weight is 397 g/mol. The van der Waals surface area contributed by atoms with Gasteiger partial charge in [-0.2, -0.15) is 10.5 Å². The van der Waals surface area contributed by atoms with Crippen molar-refractivity contribution < 1.29 is 19.3 Å². The number of methoxy groups -OCH3 is 1. The van der Waals surface area contributed by atoms with E-state index in [1.54, 1.807) is 24.3 Å². The van der Waals surface area contributed by atoms with E-state index in [2.05, 4.69) is 28.8 Å². The number of nitrogens with zero attached hydrogens (tertiary/aromatic N) is 2. The number of anilines is 1. The Bertz CT molecular complexity index is 930. The number of nitrogens with two attached hydrogens (primary N) is 1. The normalized spacial score (nSPS) is 10.0. The van der Waals surface area contributed by atoms with E-state index >= 15 is 0 Å². The fourth-order valence-corrected chi connectivity index (χ4v) is 3.34. The van der Waals surface area contributed by atoms with E-state index in [0.717, 1.165) is 24.6 Å². The number of carbonyl (C=O) groups excluding carboxylic acids is 1. The van der Waals surface area contributed by atoms with Crippen molar-refractivity contribution in [1.29, 1.82) is 10.5 Å². The third-order valence-corrected chi connectivity index (χ3v) is 4.91. The molecule has 2 rings (SSSR count). The summed E-state index contributed by atoms with van der Waals surface area (Å²) in [7, 11) is 1.29. The molecule has 0 saturated heterocycles. The fraction of sp³-hybridized carbons (Fsp3) is 0.300. The number of unbranched alkanes of at least 4 members (excludes halogenated alkanes) is 1. The van der Waals surface area contributed by atoms with Crippen LogP contribution in [0.1, 0.15) is 30.9 Å². The van der Waals surface area contributed by atoms with Crippen molar-refractivity contribution in [2.75, 3.05) is 25.2 Å². The minimum Gasteiger partial charge on any atom is -0.494 e. The van der Waals surface area contributed by atoms with Gasteiger partial charge in [-0.3, -0.25) is 10.5 Å². The highest BCUT2D eigenvalue weighted by Gasteiger charge is 2.24. The lowest BCUT2D eigenvalue weighted by Gasteiger charge is -2.11. The summed E-state index contributed by atoms with van der Waals surface area (Å²) in [6.07, 6.45) is 2.01. The second-order valence-electron chi connectivity index (χ2n) is 5.81. The first-order valence-corrected chi connectivity index (χ1v) is 9.66. The Morgan fingerprint density at radius 3 is 2.46 bits per heavy atom. The Hall–Kier alpha value is -3.23. The molecule has 0 aliphatic carbocycles. The molecule has 0 fully saturated rings. The first-order chi connectivity index (χ1) is 13.5. The van der Waals surface area contributed by atoms with Crippen molar-refractivity contribution in [3.05, 3.63) is 35.4 Å². The number of hydrogen-bond acceptors (Lipinski definition) is 7. The van der Waals surface area contributed by atoms with Gasteiger partial charge in [-0.25, -0.2) is 4.98 Å². The molecule has 2 aromatic rings. The first-order valence-electron chi connectivity index (χ1n) is 8.67. The summed E-state index contributed by atoms with van der Waals surface area (Å²) in [5, 5.41) is 19.7. The monoisotopic (exact) mass is 397 g/mol. The number of nitrogen functional groups attached to an aromatic ring is 1. The number of ether oxygens (including phenoxy) is 2. The highest BCUT2D eigenvalue weighted by molar-refractivity contribution is 7.99. The molecule has 8 heteroatoms. The number of hydrogen-bond donors (Lipinski definition) is 1. The van der Waals surface area contributed by atoms with Crippen LogP contribution in [0, 0.1) is 22.7 Å². The molecule has 1 aromatic heterocycles. The fourth-order valence-electron chi connectivity index (χ4n) is 2.48. The zero-order valence-corrected chi connectivity index (χ0v) is 16.6. The van der Waals surface area contributed by atoms with Gasteiger partial charge in [-0.15, -0.1) is 0 Å². The summed E-state index contributed by atoms with van der Waals surface area (Å²) in [6.45, 7) is 2.72. The second kappa shape index (κ2) is 10.2. The first kappa shape index (κ1) is 21.1. The Balaban J connectivity index is 2.46. The predicted octanol–water partition coefficient (Wildman–Crippen LogP) is 2.94. The molecule has 1 aromatic carbocycles. The number of aromatic nitrogens is 1. The molecule has 28 heavy (non-hydrogen) atoms. The highest BCUT2D eigenvalue weighted by Crippen LogP contribution is 2.34. The number of benzene rings is 1. The molecule has 3 N–H and O–H groups in total. The maximum Gasteiger partial charge on any atom is 0.316 e. The molecule has 0 radical (unpaired) electrons. The number of pyridine rings is 1. The number of rotatable bonds is 8. The lowest BCUT2D eigenvalue weighted by atomic mass is 9.97. The van der Waals surface area contributed by atoms with E-state index in [4.69, 9.17) is 10.5 Å². The molecule has 144 valence electrons. The van der Waals surface area contributed by atoms with Crippen LogP contribution in [0.2, 0.25) is 0 Å². The van der Waals surface area contributed by atoms with E-state index in [9.17, 15) is 15.3 Å². The number of nitriles is 2. The Kier molecular flexibility index (Phi) is 7.67. The summed E-state index contributed by atoms with van der Waals surface area (Å²) in [4.78, 5) is 14.3. The molecule has 0 aliphatic rings. The average Bonchev–Trinajstić information content (AvgIpc) is 2.72. The molecule has 0 atom stereocenters. The molecule has 1 heterocycles. The molecule has 0 amide bonds. The van der Waals surface area contributed by atoms with Crippen LogP contribution in [0.5, 0.6) is 5.75 Å². The van der Waals surface area contributed by atoms with Crippen LogP contribution in [-0.2, 0) is 9.53 Å². The second-order valence-corrected chi connectivity index (χ2v) is 6.79. The topological polar surface area (TPSA) is 123 Å². The van der Waals surface area contributed by atoms with Gasteiger partial charge in [0, 0.05) is 5.56 Å². The third kappa shape index (κ3) is 4.93. The zero-order valence-electron chi connectivity index (χ0n) is 15.7. The minimum atomic E-state index is -0.430. The number of thioether (sulfide) groups is 1. The molecule has 0 aliphatic heterocycles. The number of carbonyl (C=O) groups is 1. The quantitative estimate of drug-likeness (QED) is 0.412. The van der Waals surface area contributed by atoms with Crippen molar-refractivity contribution in [3.63, 3.8) is 0 Å². The van der Waals surface area contributed by atoms with Crippen LogP contribution in [0.25, 0.3) is 11.1 Å². The summed E-state index contributed by atoms with van der Waals surface area (Å²) >= 11 is 1.10. The Morgan fingerprint density at radius 2 is 1.89 bits per heavy atom. The zero-order chi connectivity index (χ0) is 20.5. The number of aromatic amines is 1. The lowest BCUT2D eigenvalue weighted by Crippen LogP contribution is -2.19. The molecule has 7 nitrogen and oxygen atoms in total. The largest absolute Gasteiger partial charge is 0.494 e. The smallest absolute Gasteiger partial charge is 0.316 e. The summed E-state index contributed by atoms with van der Waals surface area (Å²) in [5.41, 5.74) is 7.52. The van der Waals surface area contributed by atoms with E-state index in [1.165, 1.54) is 7.11 Å². The van der Waals surface area contributed by atoms with Crippen molar-refractivity contribution in [3.8, 4) is 29.0 Å². The molecule has 0 spiro atoms. The van der Waals surface area contributed by atoms with E-state index in [1.807, 2.05) is 0 Å². The van der Waals surface area contributed by atoms with E-state index < -0.39 is 5.97 Å². The van der Waals surface area contributed by atoms with Crippen molar-refractivity contribution in [1.82, 2.24) is 0 Å². The van der Waals surface area contributed by atoms with Gasteiger partial charge >= 0.3 is 5.97 Å². The van der Waals surface area contributed by atoms with Crippen LogP contribution >= 0.6 is 11.8 Å². The van der Waals surface area contributed by atoms with Gasteiger partial charge in [0.05, 0.1) is 19.5 Å². The van der Waals surface area contributed by atoms with Crippen LogP contribution in [0.4, 0.5) is 5.82 Å². The summed E-state index contributed by atoms with van der Waals surface area (Å²) < 4.78 is 10.3. The van der Waals surface area contributed by atoms with Crippen LogP contribution in [0.3, 0.4) is 0 Å². The number of H-pyrrole nitrogens is 1. The van der Waals surface area contributed by atoms with Gasteiger partial charge in [-0.1, -0.05) is 37.2 Å². The van der Waals surface area contributed by atoms with Gasteiger partial charge in [0.25, 0.3) is 5.82 Å². The molecule has 0 saturated carbocycles. The number of nitrogens with one attached hydrogen (secondary N) is 1. The van der Waals surface area contributed by atoms with Gasteiger partial charge in [0.15, 0.2) is 5.03 Å². The minimum absolute atomic E-state index is 0.0106. The van der Waals surface area contributed by atoms with Crippen molar-refractivity contribution in [2.24, 2.45) is 0 Å². The molecule has 0 bridgehead atoms. The van der Waals surface area contributed by atoms with Crippen LogP contribution in [0.15, 0.2) is 29.3 Å². The number of esters is 1. The van der Waals surface area contributed by atoms with Gasteiger partial charge in [0.1, 0.15) is 29.0 Å². The van der Waals surface area contributed by atoms with Crippen LogP contribution < -0.4 is 15.5 Å². The van der Waals surface area contributed by atoms with Gasteiger partial charge < -0.3 is 9.47 Å². The molecular formula is C20H21N4O3S+. The van der Waals surface area contributed by atoms with Crippen molar-refractivity contribution in [2.45, 2.75) is 24.8 Å². The van der Waals surface area contributed by atoms with Gasteiger partial charge in [0.2, 0.25) is 0 Å². The van der Waals surface area contributed by atoms with Crippen LogP contribution in [-0.4, -0.2) is 25.4 Å². The SMILES string of the molecule is CCCCOc1ccc(-c2c(C#N)c(N)[nH+]c(SCC(=O)OC)c2C#N)cc1. The highest BCUT2D eigenvalue weighted by atomic mass is 32.2. The Morgan fingerprint density at radius 1 is 1.21 bits per heavy atom. The van der Waals surface area contributed by atoms with Gasteiger partial charge in [-0.05, 0) is 24.1 Å². The van der Waals surface area contributed by atoms with E-state index in [-0.39, 0.29) is 22.7 Å². The van der Waals surface area contributed by atoms with E-state index in [0.29, 0.717) is 28.5 Å². The molecular weight excluding hydrogens is 376 g/mol. The molecule has 0 unspecified atom stereocenters. The third-order valence-electron chi connectivity index (χ3n) is 3.94.